The van der Waals surface area contributed by atoms with E-state index in [4.69, 9.17) is 9.29 Å². The summed E-state index contributed by atoms with van der Waals surface area (Å²) in [7, 11) is -2.06. The van der Waals surface area contributed by atoms with Gasteiger partial charge in [-0.05, 0) is 54.8 Å². The van der Waals surface area contributed by atoms with E-state index in [-0.39, 0.29) is 21.3 Å². The van der Waals surface area contributed by atoms with Crippen LogP contribution in [0.15, 0.2) is 77.8 Å². The van der Waals surface area contributed by atoms with Gasteiger partial charge >= 0.3 is 0 Å². The average molecular weight is 530 g/mol. The predicted octanol–water partition coefficient (Wildman–Crippen LogP) is 3.73. The van der Waals surface area contributed by atoms with Crippen LogP contribution in [-0.2, 0) is 21.3 Å². The molecule has 0 spiro atoms. The Labute approximate surface area is 214 Å². The molecule has 9 nitrogen and oxygen atoms in total. The fourth-order valence-electron chi connectivity index (χ4n) is 3.30. The molecule has 3 aromatic rings. The zero-order valence-electron chi connectivity index (χ0n) is 19.8. The van der Waals surface area contributed by atoms with Gasteiger partial charge in [-0.15, -0.1) is 0 Å². The molecular weight excluding hydrogens is 502 g/mol. The zero-order chi connectivity index (χ0) is 26.1. The van der Waals surface area contributed by atoms with E-state index in [2.05, 4.69) is 10.3 Å². The van der Waals surface area contributed by atoms with Crippen molar-refractivity contribution in [2.75, 3.05) is 25.1 Å². The maximum absolute atomic E-state index is 11.6. The van der Waals surface area contributed by atoms with Crippen LogP contribution >= 0.6 is 11.8 Å². The van der Waals surface area contributed by atoms with Crippen LogP contribution in [0.3, 0.4) is 0 Å². The third-order valence-corrected chi connectivity index (χ3v) is 7.21. The van der Waals surface area contributed by atoms with Crippen molar-refractivity contribution in [3.8, 4) is 5.75 Å². The number of aryl methyl sites for hydroxylation is 1. The van der Waals surface area contributed by atoms with Gasteiger partial charge in [-0.1, -0.05) is 48.2 Å². The number of nitrogens with zero attached hydrogens (tertiary/aromatic N) is 2. The molecule has 1 atom stereocenters. The first-order chi connectivity index (χ1) is 17.1. The fourth-order valence-corrected chi connectivity index (χ4v) is 4.89. The second kappa shape index (κ2) is 12.5. The third kappa shape index (κ3) is 8.08. The van der Waals surface area contributed by atoms with Crippen molar-refractivity contribution in [1.29, 1.82) is 0 Å². The summed E-state index contributed by atoms with van der Waals surface area (Å²) in [5.74, 6) is 1.47. The maximum atomic E-state index is 11.6. The van der Waals surface area contributed by atoms with Gasteiger partial charge in [0.2, 0.25) is 5.91 Å². The summed E-state index contributed by atoms with van der Waals surface area (Å²) in [5, 5.41) is 1.69. The zero-order valence-corrected chi connectivity index (χ0v) is 21.5. The fraction of sp³-hybridized carbons (Fsp3) is 0.240. The number of pyridine rings is 1. The molecule has 1 fully saturated rings. The quantitative estimate of drug-likeness (QED) is 0.420. The lowest BCUT2D eigenvalue weighted by Crippen LogP contribution is -2.25. The van der Waals surface area contributed by atoms with Crippen LogP contribution in [0.25, 0.3) is 0 Å². The molecule has 1 aliphatic heterocycles. The highest BCUT2D eigenvalue weighted by Gasteiger charge is 2.31. The van der Waals surface area contributed by atoms with Crippen LogP contribution in [0.1, 0.15) is 11.1 Å². The molecule has 11 heteroatoms. The Morgan fingerprint density at radius 1 is 1.06 bits per heavy atom. The number of ether oxygens (including phenoxy) is 1. The minimum absolute atomic E-state index is 0.0278. The van der Waals surface area contributed by atoms with E-state index in [9.17, 15) is 18.0 Å². The molecule has 1 aromatic heterocycles. The van der Waals surface area contributed by atoms with Gasteiger partial charge in [-0.3, -0.25) is 19.5 Å². The first-order valence-electron chi connectivity index (χ1n) is 11.0. The van der Waals surface area contributed by atoms with E-state index in [1.807, 2.05) is 54.4 Å². The van der Waals surface area contributed by atoms with Crippen molar-refractivity contribution in [3.63, 3.8) is 0 Å². The molecule has 1 aliphatic rings. The number of likely N-dealkylation sites (N-methyl/N-ethyl adjacent to an activating group) is 1. The molecule has 2 heterocycles. The van der Waals surface area contributed by atoms with E-state index in [0.717, 1.165) is 35.4 Å². The number of imide groups is 1. The molecule has 2 amide bonds. The Kier molecular flexibility index (Phi) is 9.45. The van der Waals surface area contributed by atoms with E-state index in [0.29, 0.717) is 18.6 Å². The number of carbonyl (C=O) groups excluding carboxylic acids is 2. The SMILES string of the molecule is CN(CCOc1ccc(CC2SC(=O)NC2=O)cc1)c1ccccn1.Cc1ccccc1S(=O)(=O)O. The summed E-state index contributed by atoms with van der Waals surface area (Å²) in [4.78, 5) is 29.1. The lowest BCUT2D eigenvalue weighted by atomic mass is 10.1. The van der Waals surface area contributed by atoms with Gasteiger partial charge in [0.1, 0.15) is 18.2 Å². The van der Waals surface area contributed by atoms with Gasteiger partial charge in [0.05, 0.1) is 16.7 Å². The summed E-state index contributed by atoms with van der Waals surface area (Å²) in [6.07, 6.45) is 2.30. The smallest absolute Gasteiger partial charge is 0.294 e. The molecule has 2 N–H and O–H groups in total. The Morgan fingerprint density at radius 2 is 1.75 bits per heavy atom. The van der Waals surface area contributed by atoms with Crippen molar-refractivity contribution < 1.29 is 27.3 Å². The molecule has 0 aliphatic carbocycles. The molecule has 0 radical (unpaired) electrons. The number of carbonyl (C=O) groups is 2. The van der Waals surface area contributed by atoms with Crippen LogP contribution in [0.4, 0.5) is 10.6 Å². The molecule has 4 rings (SSSR count). The predicted molar refractivity (Wildman–Crippen MR) is 139 cm³/mol. The summed E-state index contributed by atoms with van der Waals surface area (Å²) in [5.41, 5.74) is 1.55. The lowest BCUT2D eigenvalue weighted by Gasteiger charge is -2.18. The van der Waals surface area contributed by atoms with Crippen molar-refractivity contribution in [3.05, 3.63) is 84.1 Å². The molecule has 0 saturated carbocycles. The lowest BCUT2D eigenvalue weighted by molar-refractivity contribution is -0.118. The van der Waals surface area contributed by atoms with Gasteiger partial charge in [-0.25, -0.2) is 4.98 Å². The highest BCUT2D eigenvalue weighted by atomic mass is 32.2. The normalized spacial score (nSPS) is 15.0. The highest BCUT2D eigenvalue weighted by Crippen LogP contribution is 2.24. The topological polar surface area (TPSA) is 126 Å². The molecule has 0 bridgehead atoms. The molecule has 1 saturated heterocycles. The van der Waals surface area contributed by atoms with Crippen molar-refractivity contribution in [1.82, 2.24) is 10.3 Å². The Balaban J connectivity index is 0.000000275. The Morgan fingerprint density at radius 3 is 2.31 bits per heavy atom. The monoisotopic (exact) mass is 529 g/mol. The van der Waals surface area contributed by atoms with E-state index >= 15 is 0 Å². The minimum atomic E-state index is -4.03. The number of aromatic nitrogens is 1. The first kappa shape index (κ1) is 27.2. The number of hydrogen-bond donors (Lipinski definition) is 2. The standard InChI is InChI=1S/C18H19N3O3S.C7H8O3S/c1-21(16-4-2-3-9-19-16)10-11-24-14-7-5-13(6-8-14)12-15-17(22)20-18(23)25-15;1-6-4-2-3-5-7(6)11(8,9)10/h2-9,15H,10-12H2,1H3,(H,20,22,23);2-5H,1H3,(H,8,9,10). The number of anilines is 1. The summed E-state index contributed by atoms with van der Waals surface area (Å²) < 4.78 is 35.6. The number of benzene rings is 2. The van der Waals surface area contributed by atoms with Gasteiger partial charge in [0.15, 0.2) is 0 Å². The summed E-state index contributed by atoms with van der Waals surface area (Å²) in [6.45, 7) is 2.89. The number of amides is 2. The highest BCUT2D eigenvalue weighted by molar-refractivity contribution is 8.15. The second-order valence-electron chi connectivity index (χ2n) is 7.93. The minimum Gasteiger partial charge on any atom is -0.492 e. The van der Waals surface area contributed by atoms with Crippen LogP contribution in [0.5, 0.6) is 5.75 Å². The summed E-state index contributed by atoms with van der Waals surface area (Å²) in [6, 6.07) is 19.7. The van der Waals surface area contributed by atoms with Gasteiger partial charge in [0, 0.05) is 13.2 Å². The van der Waals surface area contributed by atoms with Crippen LogP contribution < -0.4 is 15.0 Å². The van der Waals surface area contributed by atoms with Crippen LogP contribution in [0.2, 0.25) is 0 Å². The van der Waals surface area contributed by atoms with E-state index < -0.39 is 10.1 Å². The number of thioether (sulfide) groups is 1. The Bertz CT molecular complexity index is 1280. The van der Waals surface area contributed by atoms with Crippen molar-refractivity contribution >= 4 is 38.8 Å². The first-order valence-corrected chi connectivity index (χ1v) is 13.3. The van der Waals surface area contributed by atoms with Gasteiger partial charge < -0.3 is 9.64 Å². The van der Waals surface area contributed by atoms with E-state index in [1.165, 1.54) is 6.07 Å². The van der Waals surface area contributed by atoms with Crippen LogP contribution in [0, 0.1) is 6.92 Å². The maximum Gasteiger partial charge on any atom is 0.294 e. The number of hydrogen-bond acceptors (Lipinski definition) is 8. The van der Waals surface area contributed by atoms with E-state index in [1.54, 1.807) is 31.3 Å². The van der Waals surface area contributed by atoms with Gasteiger partial charge in [-0.2, -0.15) is 8.42 Å². The molecule has 36 heavy (non-hydrogen) atoms. The third-order valence-electron chi connectivity index (χ3n) is 5.22. The van der Waals surface area contributed by atoms with Gasteiger partial charge in [0.25, 0.3) is 15.4 Å². The number of rotatable bonds is 8. The summed E-state index contributed by atoms with van der Waals surface area (Å²) >= 11 is 1.05. The van der Waals surface area contributed by atoms with Crippen molar-refractivity contribution in [2.45, 2.75) is 23.5 Å². The number of nitrogens with one attached hydrogen (secondary N) is 1. The molecule has 190 valence electrons. The average Bonchev–Trinajstić information content (AvgIpc) is 3.17. The van der Waals surface area contributed by atoms with Crippen molar-refractivity contribution in [2.24, 2.45) is 0 Å². The molecule has 2 aromatic carbocycles. The second-order valence-corrected chi connectivity index (χ2v) is 10.5. The Hall–Kier alpha value is -3.41. The van der Waals surface area contributed by atoms with Crippen LogP contribution in [-0.4, -0.2) is 54.6 Å². The molecular formula is C25H27N3O6S2. The largest absolute Gasteiger partial charge is 0.492 e. The molecule has 1 unspecified atom stereocenters.